The Kier molecular flexibility index (Phi) is 4.99. The van der Waals surface area contributed by atoms with E-state index in [9.17, 15) is 4.79 Å². The van der Waals surface area contributed by atoms with Crippen LogP contribution in [0.25, 0.3) is 0 Å². The third kappa shape index (κ3) is 3.36. The largest absolute Gasteiger partial charge is 0.309 e. The highest BCUT2D eigenvalue weighted by Gasteiger charge is 2.18. The average molecular weight is 430 g/mol. The number of nitrogens with zero attached hydrogens (tertiary/aromatic N) is 1. The Hall–Kier alpha value is -0.880. The first-order valence-corrected chi connectivity index (χ1v) is 7.82. The molecule has 0 aliphatic heterocycles. The quantitative estimate of drug-likeness (QED) is 0.646. The number of hydrogen-bond acceptors (Lipinski definition) is 1. The molecular weight excluding hydrogens is 417 g/mol. The summed E-state index contributed by atoms with van der Waals surface area (Å²) in [5.74, 6) is 0.0272. The number of halogens is 2. The Labute approximate surface area is 135 Å². The van der Waals surface area contributed by atoms with Crippen molar-refractivity contribution in [1.82, 2.24) is 0 Å². The van der Waals surface area contributed by atoms with E-state index in [1.165, 1.54) is 0 Å². The molecule has 0 heterocycles. The van der Waals surface area contributed by atoms with E-state index in [0.29, 0.717) is 6.54 Å². The van der Waals surface area contributed by atoms with Crippen LogP contribution in [0.15, 0.2) is 53.0 Å². The van der Waals surface area contributed by atoms with Crippen molar-refractivity contribution < 1.29 is 4.79 Å². The molecule has 0 aliphatic rings. The van der Waals surface area contributed by atoms with Crippen LogP contribution in [0.5, 0.6) is 0 Å². The Morgan fingerprint density at radius 1 is 1.21 bits per heavy atom. The lowest BCUT2D eigenvalue weighted by Crippen LogP contribution is -2.31. The summed E-state index contributed by atoms with van der Waals surface area (Å²) in [6.07, 6.45) is 0. The molecule has 2 rings (SSSR count). The number of rotatable bonds is 3. The third-order valence-corrected chi connectivity index (χ3v) is 4.22. The van der Waals surface area contributed by atoms with Crippen molar-refractivity contribution in [2.24, 2.45) is 0 Å². The fraction of sp³-hybridized carbons (Fsp3) is 0.133. The topological polar surface area (TPSA) is 20.3 Å². The second-order valence-electron chi connectivity index (χ2n) is 4.01. The monoisotopic (exact) mass is 429 g/mol. The fourth-order valence-corrected chi connectivity index (χ4v) is 2.79. The van der Waals surface area contributed by atoms with Gasteiger partial charge < -0.3 is 4.90 Å². The van der Waals surface area contributed by atoms with E-state index in [4.69, 9.17) is 0 Å². The molecule has 2 aromatic rings. The highest BCUT2D eigenvalue weighted by Crippen LogP contribution is 2.22. The maximum atomic E-state index is 12.6. The van der Waals surface area contributed by atoms with Crippen LogP contribution >= 0.6 is 38.5 Å². The molecule has 98 valence electrons. The zero-order chi connectivity index (χ0) is 13.8. The summed E-state index contributed by atoms with van der Waals surface area (Å²) in [5, 5.41) is 0. The highest BCUT2D eigenvalue weighted by atomic mass is 127. The van der Waals surface area contributed by atoms with Crippen LogP contribution < -0.4 is 4.90 Å². The molecule has 0 aliphatic carbocycles. The van der Waals surface area contributed by atoms with Crippen molar-refractivity contribution in [3.8, 4) is 0 Å². The summed E-state index contributed by atoms with van der Waals surface area (Å²) in [5.41, 5.74) is 1.64. The minimum absolute atomic E-state index is 0.0272. The van der Waals surface area contributed by atoms with Gasteiger partial charge in [-0.1, -0.05) is 34.1 Å². The number of anilines is 1. The van der Waals surface area contributed by atoms with Gasteiger partial charge in [-0.05, 0) is 59.8 Å². The van der Waals surface area contributed by atoms with E-state index < -0.39 is 0 Å². The Bertz CT molecular complexity index is 586. The number of benzene rings is 2. The smallest absolute Gasteiger partial charge is 0.259 e. The normalized spacial score (nSPS) is 10.3. The van der Waals surface area contributed by atoms with Crippen LogP contribution in [0.1, 0.15) is 17.3 Å². The lowest BCUT2D eigenvalue weighted by atomic mass is 10.2. The number of carbonyl (C=O) groups is 1. The van der Waals surface area contributed by atoms with E-state index in [1.807, 2.05) is 55.5 Å². The maximum absolute atomic E-state index is 12.6. The predicted octanol–water partition coefficient (Wildman–Crippen LogP) is 4.72. The Balaban J connectivity index is 2.39. The standard InChI is InChI=1S/C15H13BrINO/c1-2-18(12-6-4-3-5-7-12)15(19)13-10-11(16)8-9-14(13)17/h3-10H,2H2,1H3. The molecule has 0 atom stereocenters. The molecule has 0 saturated carbocycles. The number of hydrogen-bond donors (Lipinski definition) is 0. The van der Waals surface area contributed by atoms with Crippen molar-refractivity contribution in [2.75, 3.05) is 11.4 Å². The first-order chi connectivity index (χ1) is 9.13. The third-order valence-electron chi connectivity index (χ3n) is 2.79. The first-order valence-electron chi connectivity index (χ1n) is 5.95. The van der Waals surface area contributed by atoms with Gasteiger partial charge in [0, 0.05) is 20.3 Å². The van der Waals surface area contributed by atoms with Gasteiger partial charge in [0.1, 0.15) is 0 Å². The van der Waals surface area contributed by atoms with Gasteiger partial charge >= 0.3 is 0 Å². The fourth-order valence-electron chi connectivity index (χ4n) is 1.86. The highest BCUT2D eigenvalue weighted by molar-refractivity contribution is 14.1. The van der Waals surface area contributed by atoms with E-state index in [-0.39, 0.29) is 5.91 Å². The van der Waals surface area contributed by atoms with Crippen LogP contribution in [-0.4, -0.2) is 12.5 Å². The van der Waals surface area contributed by atoms with Gasteiger partial charge in [0.25, 0.3) is 5.91 Å². The van der Waals surface area contributed by atoms with Crippen LogP contribution in [0.4, 0.5) is 5.69 Å². The number of carbonyl (C=O) groups excluding carboxylic acids is 1. The number of amides is 1. The predicted molar refractivity (Wildman–Crippen MR) is 90.7 cm³/mol. The Morgan fingerprint density at radius 3 is 2.53 bits per heavy atom. The molecule has 0 saturated heterocycles. The molecule has 2 aromatic carbocycles. The zero-order valence-electron chi connectivity index (χ0n) is 10.4. The number of para-hydroxylation sites is 1. The van der Waals surface area contributed by atoms with Crippen LogP contribution in [-0.2, 0) is 0 Å². The first kappa shape index (κ1) is 14.5. The van der Waals surface area contributed by atoms with Gasteiger partial charge in [-0.15, -0.1) is 0 Å². The zero-order valence-corrected chi connectivity index (χ0v) is 14.2. The minimum Gasteiger partial charge on any atom is -0.309 e. The molecule has 2 nitrogen and oxygen atoms in total. The summed E-state index contributed by atoms with van der Waals surface area (Å²) >= 11 is 5.61. The summed E-state index contributed by atoms with van der Waals surface area (Å²) in [6.45, 7) is 2.63. The van der Waals surface area contributed by atoms with Crippen molar-refractivity contribution in [3.63, 3.8) is 0 Å². The van der Waals surface area contributed by atoms with E-state index in [2.05, 4.69) is 38.5 Å². The van der Waals surface area contributed by atoms with Gasteiger partial charge in [-0.3, -0.25) is 4.79 Å². The van der Waals surface area contributed by atoms with E-state index >= 15 is 0 Å². The van der Waals surface area contributed by atoms with Crippen molar-refractivity contribution in [3.05, 3.63) is 62.1 Å². The lowest BCUT2D eigenvalue weighted by Gasteiger charge is -2.21. The van der Waals surface area contributed by atoms with E-state index in [1.54, 1.807) is 4.90 Å². The molecule has 0 aromatic heterocycles. The maximum Gasteiger partial charge on any atom is 0.259 e. The lowest BCUT2D eigenvalue weighted by molar-refractivity contribution is 0.0987. The van der Waals surface area contributed by atoms with Crippen molar-refractivity contribution in [1.29, 1.82) is 0 Å². The molecule has 0 N–H and O–H groups in total. The van der Waals surface area contributed by atoms with E-state index in [0.717, 1.165) is 19.3 Å². The SMILES string of the molecule is CCN(C(=O)c1cc(Br)ccc1I)c1ccccc1. The molecule has 0 unspecified atom stereocenters. The Morgan fingerprint density at radius 2 is 1.89 bits per heavy atom. The molecule has 0 fully saturated rings. The molecule has 1 amide bonds. The van der Waals surface area contributed by atoms with Crippen LogP contribution in [0.2, 0.25) is 0 Å². The molecule has 0 bridgehead atoms. The van der Waals surface area contributed by atoms with Gasteiger partial charge in [0.15, 0.2) is 0 Å². The van der Waals surface area contributed by atoms with Gasteiger partial charge in [-0.2, -0.15) is 0 Å². The van der Waals surface area contributed by atoms with Gasteiger partial charge in [-0.25, -0.2) is 0 Å². The summed E-state index contributed by atoms with van der Waals surface area (Å²) in [4.78, 5) is 14.4. The van der Waals surface area contributed by atoms with Gasteiger partial charge in [0.2, 0.25) is 0 Å². The van der Waals surface area contributed by atoms with Crippen LogP contribution in [0.3, 0.4) is 0 Å². The second-order valence-corrected chi connectivity index (χ2v) is 6.09. The average Bonchev–Trinajstić information content (AvgIpc) is 2.43. The summed E-state index contributed by atoms with van der Waals surface area (Å²) in [6, 6.07) is 15.5. The molecule has 0 radical (unpaired) electrons. The summed E-state index contributed by atoms with van der Waals surface area (Å²) in [7, 11) is 0. The second kappa shape index (κ2) is 6.52. The summed E-state index contributed by atoms with van der Waals surface area (Å²) < 4.78 is 1.88. The van der Waals surface area contributed by atoms with Gasteiger partial charge in [0.05, 0.1) is 5.56 Å². The van der Waals surface area contributed by atoms with Crippen molar-refractivity contribution in [2.45, 2.75) is 6.92 Å². The molecular formula is C15H13BrINO. The van der Waals surface area contributed by atoms with Crippen LogP contribution in [0, 0.1) is 3.57 Å². The van der Waals surface area contributed by atoms with Crippen molar-refractivity contribution >= 4 is 50.1 Å². The molecule has 4 heteroatoms. The molecule has 19 heavy (non-hydrogen) atoms. The minimum atomic E-state index is 0.0272. The molecule has 0 spiro atoms.